The molecule has 80 valence electrons. The summed E-state index contributed by atoms with van der Waals surface area (Å²) >= 11 is 0. The molecule has 3 rings (SSSR count). The maximum absolute atomic E-state index is 10.6. The molecular weight excluding hydrogens is 200 g/mol. The van der Waals surface area contributed by atoms with Gasteiger partial charge in [-0.1, -0.05) is 0 Å². The molecule has 15 heavy (non-hydrogen) atoms. The molecule has 0 aliphatic carbocycles. The molecule has 6 nitrogen and oxygen atoms in total. The summed E-state index contributed by atoms with van der Waals surface area (Å²) in [7, 11) is 0. The van der Waals surface area contributed by atoms with Gasteiger partial charge in [-0.15, -0.1) is 0 Å². The van der Waals surface area contributed by atoms with Crippen molar-refractivity contribution < 1.29 is 19.2 Å². The monoisotopic (exact) mass is 210 g/mol. The number of carbonyl (C=O) groups is 1. The molecule has 3 atom stereocenters. The topological polar surface area (TPSA) is 85.5 Å². The average molecular weight is 210 g/mol. The Labute approximate surface area is 85.2 Å². The largest absolute Gasteiger partial charge is 0.475 e. The Morgan fingerprint density at radius 2 is 2.33 bits per heavy atom. The van der Waals surface area contributed by atoms with Gasteiger partial charge in [-0.2, -0.15) is 4.98 Å². The van der Waals surface area contributed by atoms with Crippen LogP contribution < -0.4 is 0 Å². The zero-order valence-electron chi connectivity index (χ0n) is 7.92. The Hall–Kier alpha value is -1.43. The second kappa shape index (κ2) is 3.03. The van der Waals surface area contributed by atoms with E-state index in [1.165, 1.54) is 0 Å². The fraction of sp³-hybridized carbons (Fsp3) is 0.667. The van der Waals surface area contributed by atoms with Gasteiger partial charge in [0.05, 0.1) is 18.1 Å². The summed E-state index contributed by atoms with van der Waals surface area (Å²) in [5.41, 5.74) is 0. The zero-order chi connectivity index (χ0) is 10.4. The summed E-state index contributed by atoms with van der Waals surface area (Å²) in [6, 6.07) is 0. The molecule has 2 bridgehead atoms. The summed E-state index contributed by atoms with van der Waals surface area (Å²) < 4.78 is 10.6. The minimum absolute atomic E-state index is 0.0874. The molecule has 0 amide bonds. The first-order valence-electron chi connectivity index (χ1n) is 4.96. The summed E-state index contributed by atoms with van der Waals surface area (Å²) in [5, 5.41) is 12.1. The number of carboxylic acids is 1. The molecule has 2 fully saturated rings. The maximum Gasteiger partial charge on any atom is 0.377 e. The van der Waals surface area contributed by atoms with Crippen LogP contribution in [0.25, 0.3) is 0 Å². The van der Waals surface area contributed by atoms with Gasteiger partial charge in [-0.05, 0) is 24.4 Å². The van der Waals surface area contributed by atoms with Gasteiger partial charge in [0.15, 0.2) is 0 Å². The minimum Gasteiger partial charge on any atom is -0.475 e. The molecule has 1 aromatic rings. The number of hydrogen-bond donors (Lipinski definition) is 1. The van der Waals surface area contributed by atoms with Crippen molar-refractivity contribution in [1.82, 2.24) is 10.1 Å². The second-order valence-corrected chi connectivity index (χ2v) is 3.98. The van der Waals surface area contributed by atoms with Crippen molar-refractivity contribution in [3.05, 3.63) is 11.7 Å². The quantitative estimate of drug-likeness (QED) is 0.777. The number of aromatic nitrogens is 2. The van der Waals surface area contributed by atoms with Crippen LogP contribution in [0.15, 0.2) is 4.52 Å². The van der Waals surface area contributed by atoms with Crippen molar-refractivity contribution in [3.63, 3.8) is 0 Å². The van der Waals surface area contributed by atoms with Crippen molar-refractivity contribution in [2.45, 2.75) is 37.4 Å². The van der Waals surface area contributed by atoms with Crippen molar-refractivity contribution in [2.24, 2.45) is 0 Å². The van der Waals surface area contributed by atoms with E-state index in [0.717, 1.165) is 19.3 Å². The van der Waals surface area contributed by atoms with E-state index in [1.54, 1.807) is 0 Å². The SMILES string of the molecule is O=C(O)c1noc(C2CC3CCC2O3)n1. The molecule has 6 heteroatoms. The van der Waals surface area contributed by atoms with Crippen LogP contribution in [0.1, 0.15) is 41.7 Å². The number of fused-ring (bicyclic) bond motifs is 2. The van der Waals surface area contributed by atoms with E-state index in [9.17, 15) is 4.79 Å². The normalized spacial score (nSPS) is 33.5. The molecule has 2 aliphatic rings. The lowest BCUT2D eigenvalue weighted by atomic mass is 9.89. The summed E-state index contributed by atoms with van der Waals surface area (Å²) in [5.74, 6) is -0.939. The first-order valence-corrected chi connectivity index (χ1v) is 4.96. The molecule has 1 N–H and O–H groups in total. The highest BCUT2D eigenvalue weighted by Gasteiger charge is 2.44. The highest BCUT2D eigenvalue weighted by atomic mass is 16.5. The standard InChI is InChI=1S/C9H10N2O4/c12-9(13)7-10-8(15-11-7)5-3-4-1-2-6(5)14-4/h4-6H,1-3H2,(H,12,13). The highest BCUT2D eigenvalue weighted by molar-refractivity contribution is 5.82. The van der Waals surface area contributed by atoms with Gasteiger partial charge in [0.1, 0.15) is 0 Å². The van der Waals surface area contributed by atoms with Crippen LogP contribution in [0.2, 0.25) is 0 Å². The molecule has 0 spiro atoms. The number of nitrogens with zero attached hydrogens (tertiary/aromatic N) is 2. The van der Waals surface area contributed by atoms with E-state index in [0.29, 0.717) is 12.0 Å². The molecule has 0 radical (unpaired) electrons. The van der Waals surface area contributed by atoms with E-state index in [1.807, 2.05) is 0 Å². The number of rotatable bonds is 2. The van der Waals surface area contributed by atoms with Gasteiger partial charge in [-0.25, -0.2) is 4.79 Å². The third-order valence-electron chi connectivity index (χ3n) is 3.06. The fourth-order valence-electron chi connectivity index (χ4n) is 2.37. The smallest absolute Gasteiger partial charge is 0.377 e. The molecular formula is C9H10N2O4. The van der Waals surface area contributed by atoms with Gasteiger partial charge < -0.3 is 14.4 Å². The van der Waals surface area contributed by atoms with Gasteiger partial charge in [0.25, 0.3) is 5.82 Å². The van der Waals surface area contributed by atoms with Gasteiger partial charge in [0, 0.05) is 0 Å². The van der Waals surface area contributed by atoms with E-state index in [2.05, 4.69) is 10.1 Å². The summed E-state index contributed by atoms with van der Waals surface area (Å²) in [6.07, 6.45) is 3.38. The van der Waals surface area contributed by atoms with E-state index in [-0.39, 0.29) is 17.8 Å². The number of ether oxygens (including phenoxy) is 1. The molecule has 1 aromatic heterocycles. The molecule has 0 saturated carbocycles. The molecule has 3 unspecified atom stereocenters. The maximum atomic E-state index is 10.6. The Balaban J connectivity index is 1.84. The van der Waals surface area contributed by atoms with Crippen LogP contribution >= 0.6 is 0 Å². The van der Waals surface area contributed by atoms with Crippen LogP contribution in [0.4, 0.5) is 0 Å². The molecule has 2 saturated heterocycles. The fourth-order valence-corrected chi connectivity index (χ4v) is 2.37. The van der Waals surface area contributed by atoms with Crippen LogP contribution in [0.5, 0.6) is 0 Å². The van der Waals surface area contributed by atoms with Crippen molar-refractivity contribution >= 4 is 5.97 Å². The third kappa shape index (κ3) is 1.32. The summed E-state index contributed by atoms with van der Waals surface area (Å²) in [6.45, 7) is 0. The molecule has 2 aliphatic heterocycles. The van der Waals surface area contributed by atoms with E-state index in [4.69, 9.17) is 14.4 Å². The Morgan fingerprint density at radius 3 is 2.87 bits per heavy atom. The number of hydrogen-bond acceptors (Lipinski definition) is 5. The highest BCUT2D eigenvalue weighted by Crippen LogP contribution is 2.43. The lowest BCUT2D eigenvalue weighted by Gasteiger charge is -2.13. The van der Waals surface area contributed by atoms with Gasteiger partial charge in [-0.3, -0.25) is 0 Å². The minimum atomic E-state index is -1.16. The average Bonchev–Trinajstić information content (AvgIpc) is 2.93. The first-order chi connectivity index (χ1) is 7.24. The van der Waals surface area contributed by atoms with Crippen molar-refractivity contribution in [2.75, 3.05) is 0 Å². The first kappa shape index (κ1) is 8.84. The van der Waals surface area contributed by atoms with E-state index < -0.39 is 5.97 Å². The number of carboxylic acid groups (broad SMARTS) is 1. The van der Waals surface area contributed by atoms with Gasteiger partial charge in [0.2, 0.25) is 5.89 Å². The Morgan fingerprint density at radius 1 is 1.47 bits per heavy atom. The zero-order valence-corrected chi connectivity index (χ0v) is 7.92. The van der Waals surface area contributed by atoms with Crippen molar-refractivity contribution in [3.8, 4) is 0 Å². The second-order valence-electron chi connectivity index (χ2n) is 3.98. The lowest BCUT2D eigenvalue weighted by Crippen LogP contribution is -2.14. The molecule has 3 heterocycles. The van der Waals surface area contributed by atoms with Gasteiger partial charge >= 0.3 is 5.97 Å². The summed E-state index contributed by atoms with van der Waals surface area (Å²) in [4.78, 5) is 14.4. The predicted molar refractivity (Wildman–Crippen MR) is 46.5 cm³/mol. The van der Waals surface area contributed by atoms with Crippen LogP contribution in [0, 0.1) is 0 Å². The lowest BCUT2D eigenvalue weighted by molar-refractivity contribution is 0.0680. The van der Waals surface area contributed by atoms with Crippen LogP contribution in [-0.4, -0.2) is 33.4 Å². The molecule has 0 aromatic carbocycles. The predicted octanol–water partition coefficient (Wildman–Crippen LogP) is 0.803. The Bertz CT molecular complexity index is 403. The number of aromatic carboxylic acids is 1. The van der Waals surface area contributed by atoms with Crippen LogP contribution in [-0.2, 0) is 4.74 Å². The third-order valence-corrected chi connectivity index (χ3v) is 3.06. The van der Waals surface area contributed by atoms with Crippen molar-refractivity contribution in [1.29, 1.82) is 0 Å². The van der Waals surface area contributed by atoms with Crippen LogP contribution in [0.3, 0.4) is 0 Å². The Kier molecular flexibility index (Phi) is 1.79. The van der Waals surface area contributed by atoms with E-state index >= 15 is 0 Å².